The molecule has 16 heavy (non-hydrogen) atoms. The highest BCUT2D eigenvalue weighted by Gasteiger charge is 1.91. The summed E-state index contributed by atoms with van der Waals surface area (Å²) >= 11 is 0. The molecule has 0 aromatic rings. The quantitative estimate of drug-likeness (QED) is 0.349. The molecular formula is C11H22O5. The summed E-state index contributed by atoms with van der Waals surface area (Å²) in [5, 5.41) is 0. The van der Waals surface area contributed by atoms with Gasteiger partial charge in [-0.05, 0) is 0 Å². The maximum Gasteiger partial charge on any atom is 0.111 e. The van der Waals surface area contributed by atoms with Gasteiger partial charge in [-0.15, -0.1) is 0 Å². The first-order chi connectivity index (χ1) is 7.91. The number of hydrogen-bond donors (Lipinski definition) is 0. The van der Waals surface area contributed by atoms with Crippen LogP contribution in [0.4, 0.5) is 0 Å². The van der Waals surface area contributed by atoms with Gasteiger partial charge in [-0.2, -0.15) is 0 Å². The van der Waals surface area contributed by atoms with Crippen molar-refractivity contribution in [2.75, 3.05) is 60.0 Å². The van der Waals surface area contributed by atoms with Crippen LogP contribution in [0.15, 0.2) is 12.8 Å². The number of ether oxygens (including phenoxy) is 5. The molecule has 0 aliphatic rings. The van der Waals surface area contributed by atoms with Crippen molar-refractivity contribution in [3.05, 3.63) is 12.8 Å². The molecule has 0 rings (SSSR count). The Kier molecular flexibility index (Phi) is 13.8. The van der Waals surface area contributed by atoms with Crippen molar-refractivity contribution in [1.29, 1.82) is 0 Å². The van der Waals surface area contributed by atoms with Crippen LogP contribution in [0.3, 0.4) is 0 Å². The van der Waals surface area contributed by atoms with Crippen LogP contribution in [0, 0.1) is 0 Å². The van der Waals surface area contributed by atoms with Crippen LogP contribution < -0.4 is 0 Å². The monoisotopic (exact) mass is 234 g/mol. The van der Waals surface area contributed by atoms with Crippen LogP contribution >= 0.6 is 0 Å². The van der Waals surface area contributed by atoms with Crippen molar-refractivity contribution >= 4 is 0 Å². The topological polar surface area (TPSA) is 46.2 Å². The lowest BCUT2D eigenvalue weighted by Crippen LogP contribution is -2.12. The van der Waals surface area contributed by atoms with E-state index < -0.39 is 0 Å². The lowest BCUT2D eigenvalue weighted by molar-refractivity contribution is -0.00175. The third-order valence-electron chi connectivity index (χ3n) is 1.64. The fourth-order valence-electron chi connectivity index (χ4n) is 0.875. The Morgan fingerprint density at radius 1 is 0.750 bits per heavy atom. The molecular weight excluding hydrogens is 212 g/mol. The Morgan fingerprint density at radius 3 is 1.62 bits per heavy atom. The van der Waals surface area contributed by atoms with E-state index in [1.807, 2.05) is 0 Å². The molecule has 96 valence electrons. The number of rotatable bonds is 13. The molecule has 0 fully saturated rings. The van der Waals surface area contributed by atoms with Crippen LogP contribution in [-0.4, -0.2) is 60.0 Å². The molecule has 0 radical (unpaired) electrons. The van der Waals surface area contributed by atoms with Gasteiger partial charge in [-0.1, -0.05) is 6.58 Å². The van der Waals surface area contributed by atoms with Crippen molar-refractivity contribution in [2.45, 2.75) is 0 Å². The first-order valence-electron chi connectivity index (χ1n) is 5.36. The molecule has 0 saturated carbocycles. The summed E-state index contributed by atoms with van der Waals surface area (Å²) in [6.45, 7) is 8.04. The van der Waals surface area contributed by atoms with Gasteiger partial charge in [0.2, 0.25) is 0 Å². The summed E-state index contributed by atoms with van der Waals surface area (Å²) in [6.07, 6.45) is 1.40. The standard InChI is InChI=1S/C11H22O5/c1-3-13-6-7-15-10-11-16-9-8-14-5-4-12-2/h3H,1,4-11H2,2H3. The molecule has 0 amide bonds. The minimum Gasteiger partial charge on any atom is -0.499 e. The van der Waals surface area contributed by atoms with E-state index in [4.69, 9.17) is 23.7 Å². The van der Waals surface area contributed by atoms with Crippen molar-refractivity contribution in [1.82, 2.24) is 0 Å². The third-order valence-corrected chi connectivity index (χ3v) is 1.64. The molecule has 0 N–H and O–H groups in total. The molecule has 0 aliphatic carbocycles. The SMILES string of the molecule is C=COCCOCCOCCOCCOC. The Morgan fingerprint density at radius 2 is 1.19 bits per heavy atom. The first-order valence-corrected chi connectivity index (χ1v) is 5.36. The third kappa shape index (κ3) is 13.4. The van der Waals surface area contributed by atoms with Gasteiger partial charge in [0.1, 0.15) is 6.61 Å². The molecule has 0 heterocycles. The molecule has 0 bridgehead atoms. The molecule has 0 aromatic heterocycles. The Balaban J connectivity index is 2.85. The van der Waals surface area contributed by atoms with Gasteiger partial charge in [0.05, 0.1) is 52.5 Å². The van der Waals surface area contributed by atoms with Crippen LogP contribution in [-0.2, 0) is 23.7 Å². The second kappa shape index (κ2) is 14.4. The second-order valence-electron chi connectivity index (χ2n) is 2.87. The summed E-state index contributed by atoms with van der Waals surface area (Å²) < 4.78 is 25.4. The molecule has 0 atom stereocenters. The average molecular weight is 234 g/mol. The molecule has 0 saturated heterocycles. The summed E-state index contributed by atoms with van der Waals surface area (Å²) in [4.78, 5) is 0. The molecule has 5 heteroatoms. The Hall–Kier alpha value is -0.620. The van der Waals surface area contributed by atoms with Gasteiger partial charge >= 0.3 is 0 Å². The Labute approximate surface area is 97.3 Å². The lowest BCUT2D eigenvalue weighted by Gasteiger charge is -2.06. The van der Waals surface area contributed by atoms with Gasteiger partial charge in [0.15, 0.2) is 0 Å². The molecule has 0 aliphatic heterocycles. The van der Waals surface area contributed by atoms with E-state index in [0.717, 1.165) is 0 Å². The second-order valence-corrected chi connectivity index (χ2v) is 2.87. The fourth-order valence-corrected chi connectivity index (χ4v) is 0.875. The van der Waals surface area contributed by atoms with Crippen molar-refractivity contribution in [2.24, 2.45) is 0 Å². The average Bonchev–Trinajstić information content (AvgIpc) is 2.31. The summed E-state index contributed by atoms with van der Waals surface area (Å²) in [7, 11) is 1.65. The minimum absolute atomic E-state index is 0.531. The van der Waals surface area contributed by atoms with Crippen LogP contribution in [0.5, 0.6) is 0 Å². The summed E-state index contributed by atoms with van der Waals surface area (Å²) in [5.41, 5.74) is 0. The zero-order chi connectivity index (χ0) is 11.9. The smallest absolute Gasteiger partial charge is 0.111 e. The largest absolute Gasteiger partial charge is 0.499 e. The molecule has 0 aromatic carbocycles. The zero-order valence-electron chi connectivity index (χ0n) is 9.98. The Bertz CT molecular complexity index is 140. The molecule has 0 spiro atoms. The number of hydrogen-bond acceptors (Lipinski definition) is 5. The maximum atomic E-state index is 5.27. The predicted molar refractivity (Wildman–Crippen MR) is 60.5 cm³/mol. The summed E-state index contributed by atoms with van der Waals surface area (Å²) in [5.74, 6) is 0. The van der Waals surface area contributed by atoms with E-state index in [0.29, 0.717) is 52.9 Å². The maximum absolute atomic E-state index is 5.27. The fraction of sp³-hybridized carbons (Fsp3) is 0.818. The number of methoxy groups -OCH3 is 1. The van der Waals surface area contributed by atoms with E-state index in [1.165, 1.54) is 6.26 Å². The van der Waals surface area contributed by atoms with Crippen molar-refractivity contribution < 1.29 is 23.7 Å². The first kappa shape index (κ1) is 15.4. The van der Waals surface area contributed by atoms with Crippen molar-refractivity contribution in [3.8, 4) is 0 Å². The summed E-state index contributed by atoms with van der Waals surface area (Å²) in [6, 6.07) is 0. The van der Waals surface area contributed by atoms with Gasteiger partial charge < -0.3 is 23.7 Å². The highest BCUT2D eigenvalue weighted by atomic mass is 16.6. The van der Waals surface area contributed by atoms with E-state index in [9.17, 15) is 0 Å². The van der Waals surface area contributed by atoms with Gasteiger partial charge in [-0.3, -0.25) is 0 Å². The molecule has 5 nitrogen and oxygen atoms in total. The molecule has 0 unspecified atom stereocenters. The van der Waals surface area contributed by atoms with Crippen LogP contribution in [0.25, 0.3) is 0 Å². The van der Waals surface area contributed by atoms with Gasteiger partial charge in [0.25, 0.3) is 0 Å². The normalized spacial score (nSPS) is 10.3. The predicted octanol–water partition coefficient (Wildman–Crippen LogP) is 0.843. The van der Waals surface area contributed by atoms with E-state index in [2.05, 4.69) is 6.58 Å². The van der Waals surface area contributed by atoms with Crippen molar-refractivity contribution in [3.63, 3.8) is 0 Å². The van der Waals surface area contributed by atoms with E-state index in [-0.39, 0.29) is 0 Å². The minimum atomic E-state index is 0.531. The van der Waals surface area contributed by atoms with E-state index >= 15 is 0 Å². The van der Waals surface area contributed by atoms with Crippen LogP contribution in [0.1, 0.15) is 0 Å². The lowest BCUT2D eigenvalue weighted by atomic mass is 10.7. The van der Waals surface area contributed by atoms with E-state index in [1.54, 1.807) is 7.11 Å². The van der Waals surface area contributed by atoms with Gasteiger partial charge in [-0.25, -0.2) is 0 Å². The highest BCUT2D eigenvalue weighted by molar-refractivity contribution is 4.47. The van der Waals surface area contributed by atoms with Gasteiger partial charge in [0, 0.05) is 7.11 Å². The highest BCUT2D eigenvalue weighted by Crippen LogP contribution is 1.82. The van der Waals surface area contributed by atoms with Crippen LogP contribution in [0.2, 0.25) is 0 Å². The zero-order valence-corrected chi connectivity index (χ0v) is 9.98.